The minimum absolute atomic E-state index is 0.0886. The van der Waals surface area contributed by atoms with Gasteiger partial charge in [-0.2, -0.15) is 0 Å². The Morgan fingerprint density at radius 1 is 1.38 bits per heavy atom. The van der Waals surface area contributed by atoms with Crippen molar-refractivity contribution in [2.45, 2.75) is 31.2 Å². The van der Waals surface area contributed by atoms with Crippen LogP contribution in [-0.2, 0) is 11.8 Å². The van der Waals surface area contributed by atoms with Crippen molar-refractivity contribution in [1.29, 1.82) is 0 Å². The molecule has 3 N–H and O–H groups in total. The molecule has 6 nitrogen and oxygen atoms in total. The predicted octanol–water partition coefficient (Wildman–Crippen LogP) is 2.13. The monoisotopic (exact) mass is 305 g/mol. The Morgan fingerprint density at radius 3 is 2.71 bits per heavy atom. The molecule has 2 aromatic rings. The highest BCUT2D eigenvalue weighted by Crippen LogP contribution is 2.24. The fraction of sp³-hybridized carbons (Fsp3) is 0.357. The van der Waals surface area contributed by atoms with Gasteiger partial charge in [-0.15, -0.1) is 10.2 Å². The van der Waals surface area contributed by atoms with Gasteiger partial charge in [0, 0.05) is 18.4 Å². The summed E-state index contributed by atoms with van der Waals surface area (Å²) in [5, 5.41) is 11.4. The van der Waals surface area contributed by atoms with Crippen LogP contribution in [-0.4, -0.2) is 25.9 Å². The minimum Gasteiger partial charge on any atom is -0.399 e. The van der Waals surface area contributed by atoms with E-state index in [4.69, 9.17) is 5.73 Å². The number of carbonyl (C=O) groups is 1. The molecule has 1 heterocycles. The van der Waals surface area contributed by atoms with E-state index in [0.717, 1.165) is 22.2 Å². The van der Waals surface area contributed by atoms with Crippen molar-refractivity contribution in [3.05, 3.63) is 29.6 Å². The van der Waals surface area contributed by atoms with Crippen molar-refractivity contribution < 1.29 is 4.79 Å². The molecule has 1 aromatic carbocycles. The Balaban J connectivity index is 2.06. The second kappa shape index (κ2) is 6.17. The first kappa shape index (κ1) is 15.4. The first-order valence-corrected chi connectivity index (χ1v) is 7.46. The number of hydrogen-bond acceptors (Lipinski definition) is 5. The number of benzene rings is 1. The summed E-state index contributed by atoms with van der Waals surface area (Å²) < 4.78 is 1.86. The van der Waals surface area contributed by atoms with Crippen LogP contribution >= 0.6 is 11.8 Å². The average molecular weight is 305 g/mol. The maximum Gasteiger partial charge on any atom is 0.237 e. The summed E-state index contributed by atoms with van der Waals surface area (Å²) >= 11 is 1.37. The standard InChI is InChI=1S/C14H19N5OS/c1-8-5-6-11(15)7-12(8)16-13(20)9(2)21-14-18-17-10(3)19(14)4/h5-7,9H,15H2,1-4H3,(H,16,20). The molecule has 112 valence electrons. The van der Waals surface area contributed by atoms with E-state index in [1.165, 1.54) is 11.8 Å². The number of aromatic nitrogens is 3. The average Bonchev–Trinajstić information content (AvgIpc) is 2.74. The molecular formula is C14H19N5OS. The van der Waals surface area contributed by atoms with Crippen molar-refractivity contribution >= 4 is 29.0 Å². The first-order chi connectivity index (χ1) is 9.88. The maximum absolute atomic E-state index is 12.3. The summed E-state index contributed by atoms with van der Waals surface area (Å²) in [7, 11) is 1.88. The number of carbonyl (C=O) groups excluding carboxylic acids is 1. The van der Waals surface area contributed by atoms with Crippen LogP contribution in [0.4, 0.5) is 11.4 Å². The number of aryl methyl sites for hydroxylation is 2. The van der Waals surface area contributed by atoms with E-state index >= 15 is 0 Å². The van der Waals surface area contributed by atoms with Gasteiger partial charge in [0.2, 0.25) is 5.91 Å². The van der Waals surface area contributed by atoms with Gasteiger partial charge in [0.25, 0.3) is 0 Å². The van der Waals surface area contributed by atoms with Crippen LogP contribution in [0.2, 0.25) is 0 Å². The Morgan fingerprint density at radius 2 is 2.10 bits per heavy atom. The van der Waals surface area contributed by atoms with Crippen molar-refractivity contribution in [2.75, 3.05) is 11.1 Å². The number of nitrogens with one attached hydrogen (secondary N) is 1. The molecule has 21 heavy (non-hydrogen) atoms. The summed E-state index contributed by atoms with van der Waals surface area (Å²) in [6.45, 7) is 5.64. The van der Waals surface area contributed by atoms with E-state index in [2.05, 4.69) is 15.5 Å². The van der Waals surface area contributed by atoms with Crippen LogP contribution in [0.1, 0.15) is 18.3 Å². The largest absolute Gasteiger partial charge is 0.399 e. The Bertz CT molecular complexity index is 667. The number of hydrogen-bond donors (Lipinski definition) is 2. The molecule has 0 aliphatic carbocycles. The zero-order chi connectivity index (χ0) is 15.6. The van der Waals surface area contributed by atoms with Gasteiger partial charge in [-0.25, -0.2) is 0 Å². The molecule has 7 heteroatoms. The van der Waals surface area contributed by atoms with E-state index in [9.17, 15) is 4.79 Å². The molecule has 1 aromatic heterocycles. The van der Waals surface area contributed by atoms with E-state index in [-0.39, 0.29) is 11.2 Å². The maximum atomic E-state index is 12.3. The van der Waals surface area contributed by atoms with E-state index < -0.39 is 0 Å². The lowest BCUT2D eigenvalue weighted by Gasteiger charge is -2.13. The van der Waals surface area contributed by atoms with Gasteiger partial charge in [0.15, 0.2) is 5.16 Å². The number of nitrogens with zero attached hydrogens (tertiary/aromatic N) is 3. The van der Waals surface area contributed by atoms with Gasteiger partial charge in [0.05, 0.1) is 5.25 Å². The number of nitrogen functional groups attached to an aromatic ring is 1. The van der Waals surface area contributed by atoms with Crippen molar-refractivity contribution in [3.63, 3.8) is 0 Å². The van der Waals surface area contributed by atoms with Crippen LogP contribution in [0.25, 0.3) is 0 Å². The summed E-state index contributed by atoms with van der Waals surface area (Å²) in [4.78, 5) is 12.3. The molecule has 1 atom stereocenters. The van der Waals surface area contributed by atoms with Crippen molar-refractivity contribution in [1.82, 2.24) is 14.8 Å². The lowest BCUT2D eigenvalue weighted by molar-refractivity contribution is -0.115. The third kappa shape index (κ3) is 3.55. The van der Waals surface area contributed by atoms with Gasteiger partial charge in [0.1, 0.15) is 5.82 Å². The highest BCUT2D eigenvalue weighted by molar-refractivity contribution is 8.00. The molecule has 0 spiro atoms. The third-order valence-electron chi connectivity index (χ3n) is 3.22. The van der Waals surface area contributed by atoms with Crippen LogP contribution in [0.15, 0.2) is 23.4 Å². The molecule has 1 unspecified atom stereocenters. The SMILES string of the molecule is Cc1ccc(N)cc1NC(=O)C(C)Sc1nnc(C)n1C. The highest BCUT2D eigenvalue weighted by atomic mass is 32.2. The Labute approximate surface area is 128 Å². The van der Waals surface area contributed by atoms with Gasteiger partial charge < -0.3 is 15.6 Å². The van der Waals surface area contributed by atoms with Gasteiger partial charge in [-0.3, -0.25) is 4.79 Å². The van der Waals surface area contributed by atoms with Crippen LogP contribution in [0, 0.1) is 13.8 Å². The topological polar surface area (TPSA) is 85.8 Å². The van der Waals surface area contributed by atoms with E-state index in [1.54, 1.807) is 6.07 Å². The first-order valence-electron chi connectivity index (χ1n) is 6.58. The smallest absolute Gasteiger partial charge is 0.237 e. The van der Waals surface area contributed by atoms with Crippen LogP contribution < -0.4 is 11.1 Å². The molecule has 0 saturated carbocycles. The Kier molecular flexibility index (Phi) is 4.52. The fourth-order valence-electron chi connectivity index (χ4n) is 1.71. The molecule has 1 amide bonds. The molecule has 0 fully saturated rings. The zero-order valence-electron chi connectivity index (χ0n) is 12.5. The zero-order valence-corrected chi connectivity index (χ0v) is 13.4. The molecule has 0 radical (unpaired) electrons. The van der Waals surface area contributed by atoms with Gasteiger partial charge in [-0.05, 0) is 38.5 Å². The second-order valence-corrected chi connectivity index (χ2v) is 6.22. The summed E-state index contributed by atoms with van der Waals surface area (Å²) in [5.41, 5.74) is 8.09. The summed E-state index contributed by atoms with van der Waals surface area (Å²) in [5.74, 6) is 0.728. The molecule has 0 aliphatic heterocycles. The molecular weight excluding hydrogens is 286 g/mol. The van der Waals surface area contributed by atoms with E-state index in [0.29, 0.717) is 5.69 Å². The third-order valence-corrected chi connectivity index (χ3v) is 4.36. The van der Waals surface area contributed by atoms with Gasteiger partial charge >= 0.3 is 0 Å². The lowest BCUT2D eigenvalue weighted by atomic mass is 10.2. The van der Waals surface area contributed by atoms with E-state index in [1.807, 2.05) is 44.5 Å². The number of thioether (sulfide) groups is 1. The normalized spacial score (nSPS) is 12.2. The molecule has 0 bridgehead atoms. The van der Waals surface area contributed by atoms with Crippen LogP contribution in [0.5, 0.6) is 0 Å². The summed E-state index contributed by atoms with van der Waals surface area (Å²) in [6.07, 6.45) is 0. The summed E-state index contributed by atoms with van der Waals surface area (Å²) in [6, 6.07) is 5.46. The number of amides is 1. The van der Waals surface area contributed by atoms with Crippen LogP contribution in [0.3, 0.4) is 0 Å². The number of anilines is 2. The molecule has 2 rings (SSSR count). The van der Waals surface area contributed by atoms with Crippen molar-refractivity contribution in [2.24, 2.45) is 7.05 Å². The van der Waals surface area contributed by atoms with Gasteiger partial charge in [-0.1, -0.05) is 17.8 Å². The highest BCUT2D eigenvalue weighted by Gasteiger charge is 2.18. The lowest BCUT2D eigenvalue weighted by Crippen LogP contribution is -2.23. The number of rotatable bonds is 4. The fourth-order valence-corrected chi connectivity index (χ4v) is 2.57. The quantitative estimate of drug-likeness (QED) is 0.667. The molecule has 0 saturated heterocycles. The Hall–Kier alpha value is -2.02. The number of nitrogens with two attached hydrogens (primary N) is 1. The predicted molar refractivity (Wildman–Crippen MR) is 85.3 cm³/mol. The molecule has 0 aliphatic rings. The second-order valence-electron chi connectivity index (χ2n) is 4.91. The van der Waals surface area contributed by atoms with Crippen molar-refractivity contribution in [3.8, 4) is 0 Å². The minimum atomic E-state index is -0.284.